The molecular weight excluding hydrogens is 212 g/mol. The van der Waals surface area contributed by atoms with Crippen molar-refractivity contribution in [2.45, 2.75) is 19.5 Å². The molecule has 3 nitrogen and oxygen atoms in total. The second-order valence-electron chi connectivity index (χ2n) is 4.23. The molecule has 0 bridgehead atoms. The fraction of sp³-hybridized carbons (Fsp3) is 0.357. The third kappa shape index (κ3) is 3.02. The molecule has 1 aromatic carbocycles. The second kappa shape index (κ2) is 5.75. The van der Waals surface area contributed by atoms with Crippen LogP contribution in [0.1, 0.15) is 12.5 Å². The minimum Gasteiger partial charge on any atom is -0.383 e. The lowest BCUT2D eigenvalue weighted by Gasteiger charge is -2.13. The van der Waals surface area contributed by atoms with Gasteiger partial charge in [0.05, 0.1) is 12.1 Å². The summed E-state index contributed by atoms with van der Waals surface area (Å²) in [5, 5.41) is 4.61. The van der Waals surface area contributed by atoms with Crippen LogP contribution in [0.15, 0.2) is 36.5 Å². The molecule has 1 N–H and O–H groups in total. The molecule has 1 aromatic heterocycles. The summed E-state index contributed by atoms with van der Waals surface area (Å²) in [4.78, 5) is 4.43. The number of hydrogen-bond donors (Lipinski definition) is 1. The van der Waals surface area contributed by atoms with E-state index in [2.05, 4.69) is 41.5 Å². The zero-order valence-electron chi connectivity index (χ0n) is 10.3. The highest BCUT2D eigenvalue weighted by Crippen LogP contribution is 2.15. The van der Waals surface area contributed by atoms with Crippen LogP contribution in [0.4, 0.5) is 0 Å². The molecule has 0 radical (unpaired) electrons. The summed E-state index contributed by atoms with van der Waals surface area (Å²) in [6, 6.07) is 10.7. The van der Waals surface area contributed by atoms with Gasteiger partial charge in [-0.25, -0.2) is 0 Å². The van der Waals surface area contributed by atoms with Crippen LogP contribution in [0.5, 0.6) is 0 Å². The Bertz CT molecular complexity index is 479. The van der Waals surface area contributed by atoms with Gasteiger partial charge in [-0.15, -0.1) is 0 Å². The molecule has 1 heterocycles. The SMILES string of the molecule is COCC(C)NCc1cccc2cccnc12. The van der Waals surface area contributed by atoms with Crippen molar-refractivity contribution in [3.63, 3.8) is 0 Å². The van der Waals surface area contributed by atoms with Crippen molar-refractivity contribution < 1.29 is 4.74 Å². The zero-order chi connectivity index (χ0) is 12.1. The Morgan fingerprint density at radius 3 is 2.94 bits per heavy atom. The summed E-state index contributed by atoms with van der Waals surface area (Å²) in [6.45, 7) is 3.65. The molecule has 90 valence electrons. The maximum Gasteiger partial charge on any atom is 0.0746 e. The first-order valence-electron chi connectivity index (χ1n) is 5.86. The van der Waals surface area contributed by atoms with Crippen LogP contribution in [-0.2, 0) is 11.3 Å². The van der Waals surface area contributed by atoms with Gasteiger partial charge in [0, 0.05) is 31.3 Å². The molecule has 0 aliphatic carbocycles. The van der Waals surface area contributed by atoms with Gasteiger partial charge in [-0.05, 0) is 18.6 Å². The van der Waals surface area contributed by atoms with Crippen LogP contribution < -0.4 is 5.32 Å². The minimum absolute atomic E-state index is 0.346. The van der Waals surface area contributed by atoms with E-state index in [1.807, 2.05) is 12.3 Å². The normalized spacial score (nSPS) is 12.8. The third-order valence-corrected chi connectivity index (χ3v) is 2.77. The molecule has 0 saturated heterocycles. The number of hydrogen-bond acceptors (Lipinski definition) is 3. The van der Waals surface area contributed by atoms with Crippen LogP contribution in [0.2, 0.25) is 0 Å². The van der Waals surface area contributed by atoms with Crippen molar-refractivity contribution in [2.24, 2.45) is 0 Å². The largest absolute Gasteiger partial charge is 0.383 e. The summed E-state index contributed by atoms with van der Waals surface area (Å²) < 4.78 is 5.10. The highest BCUT2D eigenvalue weighted by atomic mass is 16.5. The molecule has 3 heteroatoms. The number of methoxy groups -OCH3 is 1. The maximum atomic E-state index is 5.10. The van der Waals surface area contributed by atoms with Gasteiger partial charge < -0.3 is 10.1 Å². The molecule has 0 amide bonds. The van der Waals surface area contributed by atoms with Gasteiger partial charge in [-0.2, -0.15) is 0 Å². The highest BCUT2D eigenvalue weighted by molar-refractivity contribution is 5.81. The van der Waals surface area contributed by atoms with E-state index in [1.165, 1.54) is 10.9 Å². The monoisotopic (exact) mass is 230 g/mol. The molecule has 1 atom stereocenters. The molecule has 1 unspecified atom stereocenters. The van der Waals surface area contributed by atoms with E-state index in [0.717, 1.165) is 18.7 Å². The fourth-order valence-corrected chi connectivity index (χ4v) is 1.90. The van der Waals surface area contributed by atoms with Crippen LogP contribution >= 0.6 is 0 Å². The molecule has 0 aliphatic rings. The van der Waals surface area contributed by atoms with Gasteiger partial charge in [0.2, 0.25) is 0 Å². The number of ether oxygens (including phenoxy) is 1. The van der Waals surface area contributed by atoms with Crippen molar-refractivity contribution in [3.05, 3.63) is 42.1 Å². The van der Waals surface area contributed by atoms with E-state index < -0.39 is 0 Å². The Labute approximate surface area is 102 Å². The van der Waals surface area contributed by atoms with Crippen LogP contribution in [0, 0.1) is 0 Å². The first-order valence-corrected chi connectivity index (χ1v) is 5.86. The molecule has 0 aliphatic heterocycles. The molecular formula is C14H18N2O. The number of pyridine rings is 1. The predicted octanol–water partition coefficient (Wildman–Crippen LogP) is 2.36. The van der Waals surface area contributed by atoms with Gasteiger partial charge in [0.25, 0.3) is 0 Å². The zero-order valence-corrected chi connectivity index (χ0v) is 10.3. The first kappa shape index (κ1) is 12.0. The number of nitrogens with one attached hydrogen (secondary N) is 1. The Morgan fingerprint density at radius 2 is 2.12 bits per heavy atom. The molecule has 0 fully saturated rings. The minimum atomic E-state index is 0.346. The van der Waals surface area contributed by atoms with Gasteiger partial charge in [-0.3, -0.25) is 4.98 Å². The quantitative estimate of drug-likeness (QED) is 0.856. The van der Waals surface area contributed by atoms with Crippen LogP contribution in [-0.4, -0.2) is 24.7 Å². The predicted molar refractivity (Wildman–Crippen MR) is 69.9 cm³/mol. The fourth-order valence-electron chi connectivity index (χ4n) is 1.90. The number of para-hydroxylation sites is 1. The lowest BCUT2D eigenvalue weighted by atomic mass is 10.1. The van der Waals surface area contributed by atoms with E-state index >= 15 is 0 Å². The van der Waals surface area contributed by atoms with Crippen molar-refractivity contribution >= 4 is 10.9 Å². The van der Waals surface area contributed by atoms with Gasteiger partial charge in [-0.1, -0.05) is 24.3 Å². The average Bonchev–Trinajstić information content (AvgIpc) is 2.36. The number of aromatic nitrogens is 1. The molecule has 0 spiro atoms. The smallest absolute Gasteiger partial charge is 0.0746 e. The third-order valence-electron chi connectivity index (χ3n) is 2.77. The summed E-state index contributed by atoms with van der Waals surface area (Å²) in [5.74, 6) is 0. The van der Waals surface area contributed by atoms with Crippen molar-refractivity contribution in [2.75, 3.05) is 13.7 Å². The Kier molecular flexibility index (Phi) is 4.07. The molecule has 2 aromatic rings. The number of benzene rings is 1. The number of nitrogens with zero attached hydrogens (tertiary/aromatic N) is 1. The first-order chi connectivity index (χ1) is 8.31. The van der Waals surface area contributed by atoms with E-state index in [9.17, 15) is 0 Å². The van der Waals surface area contributed by atoms with E-state index in [0.29, 0.717) is 6.04 Å². The molecule has 0 saturated carbocycles. The van der Waals surface area contributed by atoms with Crippen LogP contribution in [0.25, 0.3) is 10.9 Å². The molecule has 2 rings (SSSR count). The summed E-state index contributed by atoms with van der Waals surface area (Å²) in [5.41, 5.74) is 2.30. The van der Waals surface area contributed by atoms with Crippen molar-refractivity contribution in [1.29, 1.82) is 0 Å². The molecule has 17 heavy (non-hydrogen) atoms. The van der Waals surface area contributed by atoms with E-state index in [-0.39, 0.29) is 0 Å². The summed E-state index contributed by atoms with van der Waals surface area (Å²) in [7, 11) is 1.72. The van der Waals surface area contributed by atoms with Gasteiger partial charge in [0.1, 0.15) is 0 Å². The van der Waals surface area contributed by atoms with E-state index in [1.54, 1.807) is 7.11 Å². The average molecular weight is 230 g/mol. The van der Waals surface area contributed by atoms with Crippen LogP contribution in [0.3, 0.4) is 0 Å². The number of rotatable bonds is 5. The Morgan fingerprint density at radius 1 is 1.29 bits per heavy atom. The van der Waals surface area contributed by atoms with Crippen molar-refractivity contribution in [3.8, 4) is 0 Å². The van der Waals surface area contributed by atoms with Gasteiger partial charge in [0.15, 0.2) is 0 Å². The maximum absolute atomic E-state index is 5.10. The Balaban J connectivity index is 2.13. The summed E-state index contributed by atoms with van der Waals surface area (Å²) in [6.07, 6.45) is 1.84. The lowest BCUT2D eigenvalue weighted by molar-refractivity contribution is 0.172. The Hall–Kier alpha value is -1.45. The highest BCUT2D eigenvalue weighted by Gasteiger charge is 2.04. The van der Waals surface area contributed by atoms with Gasteiger partial charge >= 0.3 is 0 Å². The van der Waals surface area contributed by atoms with Crippen molar-refractivity contribution in [1.82, 2.24) is 10.3 Å². The number of fused-ring (bicyclic) bond motifs is 1. The standard InChI is InChI=1S/C14H18N2O/c1-11(10-17-2)16-9-13-6-3-5-12-7-4-8-15-14(12)13/h3-8,11,16H,9-10H2,1-2H3. The van der Waals surface area contributed by atoms with E-state index in [4.69, 9.17) is 4.74 Å². The second-order valence-corrected chi connectivity index (χ2v) is 4.23. The lowest BCUT2D eigenvalue weighted by Crippen LogP contribution is -2.29. The summed E-state index contributed by atoms with van der Waals surface area (Å²) >= 11 is 0. The topological polar surface area (TPSA) is 34.1 Å².